The zero-order valence-corrected chi connectivity index (χ0v) is 13.8. The Balaban J connectivity index is 1.68. The number of hydrogen-bond acceptors (Lipinski definition) is 2. The number of rotatable bonds is 4. The molecule has 2 aromatic carbocycles. The van der Waals surface area contributed by atoms with E-state index in [0.717, 1.165) is 36.1 Å². The number of nitrogens with one attached hydrogen (secondary N) is 2. The average molecular weight is 322 g/mol. The number of benzene rings is 2. The smallest absolute Gasteiger partial charge is 0.231 e. The molecule has 1 unspecified atom stereocenters. The molecule has 0 bridgehead atoms. The highest BCUT2D eigenvalue weighted by Crippen LogP contribution is 2.32. The first-order chi connectivity index (χ1) is 11.7. The van der Waals surface area contributed by atoms with Gasteiger partial charge < -0.3 is 10.6 Å². The minimum Gasteiger partial charge on any atom is -0.359 e. The molecule has 1 atom stereocenters. The zero-order valence-electron chi connectivity index (χ0n) is 13.8. The molecular formula is C20H22N2O2. The van der Waals surface area contributed by atoms with Crippen LogP contribution in [0.2, 0.25) is 0 Å². The lowest BCUT2D eigenvalue weighted by molar-refractivity contribution is -0.120. The molecular weight excluding hydrogens is 300 g/mol. The molecule has 4 heteroatoms. The number of carbonyl (C=O) groups excluding carboxylic acids is 2. The van der Waals surface area contributed by atoms with Crippen molar-refractivity contribution in [2.45, 2.75) is 31.6 Å². The van der Waals surface area contributed by atoms with Crippen molar-refractivity contribution in [2.24, 2.45) is 0 Å². The number of carbonyl (C=O) groups is 2. The van der Waals surface area contributed by atoms with Gasteiger partial charge in [0.25, 0.3) is 0 Å². The molecule has 0 saturated carbocycles. The largest absolute Gasteiger partial charge is 0.359 e. The number of amides is 2. The summed E-state index contributed by atoms with van der Waals surface area (Å²) in [5.74, 6) is -0.0627. The first-order valence-electron chi connectivity index (χ1n) is 8.35. The van der Waals surface area contributed by atoms with E-state index < -0.39 is 0 Å². The number of likely N-dealkylation sites (N-methyl/N-ethyl adjacent to an activating group) is 1. The Morgan fingerprint density at radius 2 is 1.83 bits per heavy atom. The molecule has 0 aromatic heterocycles. The highest BCUT2D eigenvalue weighted by molar-refractivity contribution is 5.96. The van der Waals surface area contributed by atoms with E-state index in [1.807, 2.05) is 36.4 Å². The van der Waals surface area contributed by atoms with Crippen LogP contribution in [0, 0.1) is 0 Å². The second-order valence-electron chi connectivity index (χ2n) is 6.18. The Kier molecular flexibility index (Phi) is 4.94. The lowest BCUT2D eigenvalue weighted by atomic mass is 9.82. The van der Waals surface area contributed by atoms with Crippen LogP contribution in [0.25, 0.3) is 0 Å². The van der Waals surface area contributed by atoms with E-state index in [9.17, 15) is 9.59 Å². The van der Waals surface area contributed by atoms with E-state index >= 15 is 0 Å². The first-order valence-corrected chi connectivity index (χ1v) is 8.35. The maximum Gasteiger partial charge on any atom is 0.231 e. The Labute approximate surface area is 142 Å². The van der Waals surface area contributed by atoms with Crippen LogP contribution in [-0.4, -0.2) is 18.9 Å². The van der Waals surface area contributed by atoms with E-state index in [4.69, 9.17) is 0 Å². The first kappa shape index (κ1) is 16.2. The Morgan fingerprint density at radius 3 is 2.58 bits per heavy atom. The van der Waals surface area contributed by atoms with Gasteiger partial charge in [-0.3, -0.25) is 9.59 Å². The Morgan fingerprint density at radius 1 is 1.08 bits per heavy atom. The predicted molar refractivity (Wildman–Crippen MR) is 95.0 cm³/mol. The van der Waals surface area contributed by atoms with Gasteiger partial charge in [-0.05, 0) is 48.1 Å². The number of fused-ring (bicyclic) bond motifs is 1. The molecule has 24 heavy (non-hydrogen) atoms. The van der Waals surface area contributed by atoms with Crippen LogP contribution < -0.4 is 10.6 Å². The van der Waals surface area contributed by atoms with Gasteiger partial charge in [-0.15, -0.1) is 0 Å². The van der Waals surface area contributed by atoms with Gasteiger partial charge in [-0.2, -0.15) is 0 Å². The third-order valence-corrected chi connectivity index (χ3v) is 4.55. The summed E-state index contributed by atoms with van der Waals surface area (Å²) in [6.07, 6.45) is 3.33. The fraction of sp³-hybridized carbons (Fsp3) is 0.300. The molecule has 0 aliphatic heterocycles. The van der Waals surface area contributed by atoms with Gasteiger partial charge in [0.15, 0.2) is 0 Å². The molecule has 124 valence electrons. The maximum atomic E-state index is 12.7. The standard InChI is InChI=1S/C20H22N2O2/c1-21-19(23)13-14-9-11-16(12-10-14)22-20(24)18-8-4-6-15-5-2-3-7-17(15)18/h2-3,5,7,9-12,18H,4,6,8,13H2,1H3,(H,21,23)(H,22,24). The quantitative estimate of drug-likeness (QED) is 0.909. The van der Waals surface area contributed by atoms with Gasteiger partial charge in [0.1, 0.15) is 0 Å². The third kappa shape index (κ3) is 3.65. The zero-order chi connectivity index (χ0) is 16.9. The van der Waals surface area contributed by atoms with Crippen molar-refractivity contribution in [1.82, 2.24) is 5.32 Å². The summed E-state index contributed by atoms with van der Waals surface area (Å²) in [4.78, 5) is 24.1. The average Bonchev–Trinajstić information content (AvgIpc) is 2.62. The highest BCUT2D eigenvalue weighted by Gasteiger charge is 2.26. The van der Waals surface area contributed by atoms with Gasteiger partial charge in [-0.1, -0.05) is 36.4 Å². The summed E-state index contributed by atoms with van der Waals surface area (Å²) < 4.78 is 0. The molecule has 4 nitrogen and oxygen atoms in total. The second kappa shape index (κ2) is 7.30. The molecule has 3 rings (SSSR count). The topological polar surface area (TPSA) is 58.2 Å². The van der Waals surface area contributed by atoms with Crippen LogP contribution in [0.1, 0.15) is 35.4 Å². The molecule has 2 N–H and O–H groups in total. The Bertz CT molecular complexity index is 738. The minimum absolute atomic E-state index is 0.0226. The Hall–Kier alpha value is -2.62. The third-order valence-electron chi connectivity index (χ3n) is 4.55. The van der Waals surface area contributed by atoms with Crippen molar-refractivity contribution in [3.63, 3.8) is 0 Å². The fourth-order valence-corrected chi connectivity index (χ4v) is 3.24. The van der Waals surface area contributed by atoms with Crippen molar-refractivity contribution in [2.75, 3.05) is 12.4 Å². The monoisotopic (exact) mass is 322 g/mol. The molecule has 2 aromatic rings. The van der Waals surface area contributed by atoms with Gasteiger partial charge in [0.2, 0.25) is 11.8 Å². The van der Waals surface area contributed by atoms with Crippen molar-refractivity contribution >= 4 is 17.5 Å². The molecule has 0 spiro atoms. The molecule has 0 fully saturated rings. The number of hydrogen-bond donors (Lipinski definition) is 2. The second-order valence-corrected chi connectivity index (χ2v) is 6.18. The van der Waals surface area contributed by atoms with Crippen LogP contribution in [0.3, 0.4) is 0 Å². The van der Waals surface area contributed by atoms with Gasteiger partial charge >= 0.3 is 0 Å². The molecule has 0 radical (unpaired) electrons. The van der Waals surface area contributed by atoms with Crippen LogP contribution in [0.15, 0.2) is 48.5 Å². The summed E-state index contributed by atoms with van der Waals surface area (Å²) in [5, 5.41) is 5.61. The molecule has 1 aliphatic rings. The number of anilines is 1. The minimum atomic E-state index is -0.0829. The number of aryl methyl sites for hydroxylation is 1. The van der Waals surface area contributed by atoms with E-state index in [2.05, 4.69) is 22.8 Å². The predicted octanol–water partition coefficient (Wildman–Crippen LogP) is 3.03. The summed E-state index contributed by atoms with van der Waals surface area (Å²) in [7, 11) is 1.62. The van der Waals surface area contributed by atoms with E-state index in [0.29, 0.717) is 6.42 Å². The van der Waals surface area contributed by atoms with Gasteiger partial charge in [0.05, 0.1) is 12.3 Å². The highest BCUT2D eigenvalue weighted by atomic mass is 16.2. The van der Waals surface area contributed by atoms with Crippen LogP contribution in [-0.2, 0) is 22.4 Å². The van der Waals surface area contributed by atoms with E-state index in [1.54, 1.807) is 7.05 Å². The van der Waals surface area contributed by atoms with Gasteiger partial charge in [-0.25, -0.2) is 0 Å². The molecule has 0 heterocycles. The van der Waals surface area contributed by atoms with Crippen molar-refractivity contribution in [3.8, 4) is 0 Å². The fourth-order valence-electron chi connectivity index (χ4n) is 3.24. The normalized spacial score (nSPS) is 16.1. The van der Waals surface area contributed by atoms with Crippen LogP contribution >= 0.6 is 0 Å². The maximum absolute atomic E-state index is 12.7. The molecule has 0 saturated heterocycles. The van der Waals surface area contributed by atoms with Gasteiger partial charge in [0, 0.05) is 12.7 Å². The summed E-state index contributed by atoms with van der Waals surface area (Å²) >= 11 is 0. The van der Waals surface area contributed by atoms with Crippen LogP contribution in [0.4, 0.5) is 5.69 Å². The molecule has 2 amide bonds. The lowest BCUT2D eigenvalue weighted by Crippen LogP contribution is -2.24. The van der Waals surface area contributed by atoms with Crippen molar-refractivity contribution in [1.29, 1.82) is 0 Å². The summed E-state index contributed by atoms with van der Waals surface area (Å²) in [5.41, 5.74) is 4.13. The van der Waals surface area contributed by atoms with Crippen molar-refractivity contribution < 1.29 is 9.59 Å². The van der Waals surface area contributed by atoms with E-state index in [-0.39, 0.29) is 17.7 Å². The van der Waals surface area contributed by atoms with E-state index in [1.165, 1.54) is 5.56 Å². The summed E-state index contributed by atoms with van der Waals surface area (Å²) in [6.45, 7) is 0. The SMILES string of the molecule is CNC(=O)Cc1ccc(NC(=O)C2CCCc3ccccc32)cc1. The lowest BCUT2D eigenvalue weighted by Gasteiger charge is -2.24. The molecule has 1 aliphatic carbocycles. The van der Waals surface area contributed by atoms with Crippen LogP contribution in [0.5, 0.6) is 0 Å². The summed E-state index contributed by atoms with van der Waals surface area (Å²) in [6, 6.07) is 15.7. The van der Waals surface area contributed by atoms with Crippen molar-refractivity contribution in [3.05, 3.63) is 65.2 Å².